The van der Waals surface area contributed by atoms with Gasteiger partial charge in [-0.15, -0.1) is 0 Å². The van der Waals surface area contributed by atoms with E-state index in [1.54, 1.807) is 13.1 Å². The van der Waals surface area contributed by atoms with Gasteiger partial charge in [-0.1, -0.05) is 11.6 Å². The monoisotopic (exact) mass is 253 g/mol. The standard InChI is InChI=1S/C11H9ClFN3O/c1-6-5-15-11(14)16-10(6)17-7-2-3-9(13)8(12)4-7/h2-5H,1H3,(H2,14,15,16). The average Bonchev–Trinajstić information content (AvgIpc) is 2.29. The average molecular weight is 254 g/mol. The second-order valence-corrected chi connectivity index (χ2v) is 3.80. The molecule has 0 aliphatic heterocycles. The summed E-state index contributed by atoms with van der Waals surface area (Å²) < 4.78 is 18.4. The number of halogens is 2. The lowest BCUT2D eigenvalue weighted by molar-refractivity contribution is 0.457. The Morgan fingerprint density at radius 2 is 2.18 bits per heavy atom. The fourth-order valence-corrected chi connectivity index (χ4v) is 1.37. The first-order valence-corrected chi connectivity index (χ1v) is 5.16. The number of hydrogen-bond acceptors (Lipinski definition) is 4. The Kier molecular flexibility index (Phi) is 3.10. The van der Waals surface area contributed by atoms with Crippen LogP contribution in [0.3, 0.4) is 0 Å². The van der Waals surface area contributed by atoms with Gasteiger partial charge in [0.2, 0.25) is 11.8 Å². The summed E-state index contributed by atoms with van der Waals surface area (Å²) in [5.41, 5.74) is 6.17. The van der Waals surface area contributed by atoms with E-state index in [0.717, 1.165) is 5.56 Å². The highest BCUT2D eigenvalue weighted by molar-refractivity contribution is 6.30. The number of aryl methyl sites for hydroxylation is 1. The number of rotatable bonds is 2. The third-order valence-electron chi connectivity index (χ3n) is 2.05. The third-order valence-corrected chi connectivity index (χ3v) is 2.34. The molecule has 2 N–H and O–H groups in total. The second-order valence-electron chi connectivity index (χ2n) is 3.39. The summed E-state index contributed by atoms with van der Waals surface area (Å²) in [6.45, 7) is 1.78. The molecule has 0 amide bonds. The number of aromatic nitrogens is 2. The molecule has 0 bridgehead atoms. The van der Waals surface area contributed by atoms with Crippen LogP contribution in [-0.4, -0.2) is 9.97 Å². The van der Waals surface area contributed by atoms with Gasteiger partial charge in [0.25, 0.3) is 0 Å². The molecular weight excluding hydrogens is 245 g/mol. The first kappa shape index (κ1) is 11.6. The molecule has 0 aliphatic rings. The molecule has 2 aromatic rings. The zero-order valence-electron chi connectivity index (χ0n) is 8.95. The van der Waals surface area contributed by atoms with Crippen LogP contribution in [0.15, 0.2) is 24.4 Å². The molecule has 0 spiro atoms. The van der Waals surface area contributed by atoms with Crippen molar-refractivity contribution in [2.45, 2.75) is 6.92 Å². The van der Waals surface area contributed by atoms with Crippen LogP contribution in [0.5, 0.6) is 11.6 Å². The summed E-state index contributed by atoms with van der Waals surface area (Å²) in [4.78, 5) is 7.74. The normalized spacial score (nSPS) is 10.3. The molecule has 88 valence electrons. The van der Waals surface area contributed by atoms with E-state index in [1.807, 2.05) is 0 Å². The fourth-order valence-electron chi connectivity index (χ4n) is 1.19. The van der Waals surface area contributed by atoms with E-state index in [0.29, 0.717) is 11.6 Å². The van der Waals surface area contributed by atoms with Gasteiger partial charge in [0.15, 0.2) is 0 Å². The van der Waals surface area contributed by atoms with E-state index in [-0.39, 0.29) is 11.0 Å². The highest BCUT2D eigenvalue weighted by atomic mass is 35.5. The van der Waals surface area contributed by atoms with E-state index in [2.05, 4.69) is 9.97 Å². The van der Waals surface area contributed by atoms with Crippen molar-refractivity contribution in [1.82, 2.24) is 9.97 Å². The molecule has 17 heavy (non-hydrogen) atoms. The van der Waals surface area contributed by atoms with Gasteiger partial charge in [0.05, 0.1) is 5.02 Å². The Hall–Kier alpha value is -1.88. The Morgan fingerprint density at radius 1 is 1.41 bits per heavy atom. The van der Waals surface area contributed by atoms with Crippen LogP contribution in [-0.2, 0) is 0 Å². The Bertz CT molecular complexity index is 562. The van der Waals surface area contributed by atoms with E-state index in [9.17, 15) is 4.39 Å². The van der Waals surface area contributed by atoms with Crippen molar-refractivity contribution in [2.24, 2.45) is 0 Å². The van der Waals surface area contributed by atoms with Gasteiger partial charge in [-0.05, 0) is 19.1 Å². The maximum Gasteiger partial charge on any atom is 0.226 e. The van der Waals surface area contributed by atoms with Crippen LogP contribution >= 0.6 is 11.6 Å². The van der Waals surface area contributed by atoms with Gasteiger partial charge in [-0.2, -0.15) is 4.98 Å². The molecule has 0 saturated heterocycles. The van der Waals surface area contributed by atoms with E-state index in [4.69, 9.17) is 22.1 Å². The van der Waals surface area contributed by atoms with E-state index in [1.165, 1.54) is 18.2 Å². The Balaban J connectivity index is 2.31. The minimum atomic E-state index is -0.502. The quantitative estimate of drug-likeness (QED) is 0.894. The summed E-state index contributed by atoms with van der Waals surface area (Å²) in [6, 6.07) is 4.05. The van der Waals surface area contributed by atoms with Crippen molar-refractivity contribution in [2.75, 3.05) is 5.73 Å². The van der Waals surface area contributed by atoms with Crippen molar-refractivity contribution in [3.63, 3.8) is 0 Å². The number of nitrogens with zero attached hydrogens (tertiary/aromatic N) is 2. The molecule has 1 aromatic carbocycles. The molecular formula is C11H9ClFN3O. The third kappa shape index (κ3) is 2.62. The van der Waals surface area contributed by atoms with Crippen LogP contribution in [0.1, 0.15) is 5.56 Å². The van der Waals surface area contributed by atoms with Crippen LogP contribution in [0.25, 0.3) is 0 Å². The van der Waals surface area contributed by atoms with Crippen LogP contribution in [0, 0.1) is 12.7 Å². The lowest BCUT2D eigenvalue weighted by Crippen LogP contribution is -1.98. The molecule has 4 nitrogen and oxygen atoms in total. The number of nitrogen functional groups attached to an aromatic ring is 1. The smallest absolute Gasteiger partial charge is 0.226 e. The molecule has 1 aromatic heterocycles. The summed E-state index contributed by atoms with van der Waals surface area (Å²) in [5, 5.41) is -0.0119. The molecule has 1 heterocycles. The molecule has 0 aliphatic carbocycles. The van der Waals surface area contributed by atoms with Gasteiger partial charge >= 0.3 is 0 Å². The molecule has 0 radical (unpaired) electrons. The lowest BCUT2D eigenvalue weighted by Gasteiger charge is -2.07. The van der Waals surface area contributed by atoms with Gasteiger partial charge in [0, 0.05) is 17.8 Å². The van der Waals surface area contributed by atoms with Crippen molar-refractivity contribution < 1.29 is 9.13 Å². The topological polar surface area (TPSA) is 61.0 Å². The molecule has 0 fully saturated rings. The first-order chi connectivity index (χ1) is 8.06. The maximum atomic E-state index is 12.9. The minimum absolute atomic E-state index is 0.0119. The van der Waals surface area contributed by atoms with E-state index < -0.39 is 5.82 Å². The number of benzene rings is 1. The molecule has 6 heteroatoms. The van der Waals surface area contributed by atoms with Gasteiger partial charge < -0.3 is 10.5 Å². The largest absolute Gasteiger partial charge is 0.439 e. The van der Waals surface area contributed by atoms with Gasteiger partial charge in [-0.3, -0.25) is 0 Å². The van der Waals surface area contributed by atoms with Crippen LogP contribution in [0.2, 0.25) is 5.02 Å². The molecule has 0 atom stereocenters. The number of anilines is 1. The van der Waals surface area contributed by atoms with Crippen LogP contribution in [0.4, 0.5) is 10.3 Å². The summed E-state index contributed by atoms with van der Waals surface area (Å²) in [6.07, 6.45) is 1.54. The maximum absolute atomic E-state index is 12.9. The van der Waals surface area contributed by atoms with Crippen molar-refractivity contribution in [3.05, 3.63) is 40.8 Å². The number of hydrogen-bond donors (Lipinski definition) is 1. The van der Waals surface area contributed by atoms with Crippen LogP contribution < -0.4 is 10.5 Å². The van der Waals surface area contributed by atoms with Gasteiger partial charge in [0.1, 0.15) is 11.6 Å². The zero-order chi connectivity index (χ0) is 12.4. The highest BCUT2D eigenvalue weighted by Crippen LogP contribution is 2.26. The number of ether oxygens (including phenoxy) is 1. The Labute approximate surface area is 102 Å². The van der Waals surface area contributed by atoms with Crippen molar-refractivity contribution >= 4 is 17.5 Å². The molecule has 2 rings (SSSR count). The highest BCUT2D eigenvalue weighted by Gasteiger charge is 2.07. The zero-order valence-corrected chi connectivity index (χ0v) is 9.70. The lowest BCUT2D eigenvalue weighted by atomic mass is 10.3. The SMILES string of the molecule is Cc1cnc(N)nc1Oc1ccc(F)c(Cl)c1. The van der Waals surface area contributed by atoms with Crippen molar-refractivity contribution in [3.8, 4) is 11.6 Å². The predicted octanol–water partition coefficient (Wildman–Crippen LogP) is 2.95. The predicted molar refractivity (Wildman–Crippen MR) is 62.7 cm³/mol. The molecule has 0 unspecified atom stereocenters. The molecule has 0 saturated carbocycles. The van der Waals surface area contributed by atoms with Gasteiger partial charge in [-0.25, -0.2) is 9.37 Å². The fraction of sp³-hybridized carbons (Fsp3) is 0.0909. The summed E-state index contributed by atoms with van der Waals surface area (Å²) in [5.74, 6) is 0.314. The Morgan fingerprint density at radius 3 is 2.88 bits per heavy atom. The number of nitrogens with two attached hydrogens (primary N) is 1. The summed E-state index contributed by atoms with van der Waals surface area (Å²) in [7, 11) is 0. The minimum Gasteiger partial charge on any atom is -0.439 e. The second kappa shape index (κ2) is 4.55. The first-order valence-electron chi connectivity index (χ1n) is 4.78. The van der Waals surface area contributed by atoms with Crippen molar-refractivity contribution in [1.29, 1.82) is 0 Å². The summed E-state index contributed by atoms with van der Waals surface area (Å²) >= 11 is 5.64. The van der Waals surface area contributed by atoms with E-state index >= 15 is 0 Å².